The van der Waals surface area contributed by atoms with Gasteiger partial charge in [0, 0.05) is 0 Å². The van der Waals surface area contributed by atoms with E-state index in [2.05, 4.69) is 9.97 Å². The quantitative estimate of drug-likeness (QED) is 0.353. The number of rotatable bonds is 3. The number of aromatic nitrogens is 2. The van der Waals surface area contributed by atoms with E-state index in [1.54, 1.807) is 0 Å². The smallest absolute Gasteiger partial charge is 0.743 e. The minimum atomic E-state index is -5.61. The maximum Gasteiger partial charge on any atom is 1.00 e. The minimum Gasteiger partial charge on any atom is -0.743 e. The average molecular weight is 386 g/mol. The van der Waals surface area contributed by atoms with Gasteiger partial charge in [0.15, 0.2) is 15.1 Å². The molecule has 21 heavy (non-hydrogen) atoms. The van der Waals surface area contributed by atoms with Gasteiger partial charge in [0.05, 0.1) is 6.20 Å². The standard InChI is InChI=1S/C4H4N2O9S3.3Na/c7-16(8,9)2-1-5-3(17(10,11)12)4(6-2)18(13,14)15;;;/h1H,(H,7,8,9)(H,10,11,12)(H,13,14,15);;;/q;3*+1/p-3. The van der Waals surface area contributed by atoms with Crippen molar-refractivity contribution >= 4 is 30.4 Å². The first-order valence-electron chi connectivity index (χ1n) is 3.58. The van der Waals surface area contributed by atoms with Crippen molar-refractivity contribution in [2.45, 2.75) is 15.1 Å². The summed E-state index contributed by atoms with van der Waals surface area (Å²) in [5.41, 5.74) is 0. The van der Waals surface area contributed by atoms with Crippen LogP contribution in [0.2, 0.25) is 0 Å². The zero-order valence-electron chi connectivity index (χ0n) is 10.9. The molecule has 17 heteroatoms. The summed E-state index contributed by atoms with van der Waals surface area (Å²) in [6.45, 7) is 0. The summed E-state index contributed by atoms with van der Waals surface area (Å²) >= 11 is 0. The van der Waals surface area contributed by atoms with Crippen LogP contribution in [0.1, 0.15) is 0 Å². The van der Waals surface area contributed by atoms with Crippen LogP contribution in [0.25, 0.3) is 0 Å². The summed E-state index contributed by atoms with van der Waals surface area (Å²) in [6, 6.07) is 0. The molecule has 0 amide bonds. The van der Waals surface area contributed by atoms with Crippen LogP contribution in [-0.4, -0.2) is 48.9 Å². The molecule has 0 unspecified atom stereocenters. The summed E-state index contributed by atoms with van der Waals surface area (Å²) < 4.78 is 95.1. The van der Waals surface area contributed by atoms with Gasteiger partial charge in [0.25, 0.3) is 0 Å². The third-order valence-corrected chi connectivity index (χ3v) is 3.79. The van der Waals surface area contributed by atoms with Crippen LogP contribution >= 0.6 is 0 Å². The molecule has 0 aliphatic rings. The predicted molar refractivity (Wildman–Crippen MR) is 45.9 cm³/mol. The van der Waals surface area contributed by atoms with Crippen LogP contribution in [0.5, 0.6) is 0 Å². The van der Waals surface area contributed by atoms with Gasteiger partial charge in [-0.2, -0.15) is 0 Å². The van der Waals surface area contributed by atoms with Gasteiger partial charge < -0.3 is 13.7 Å². The first-order valence-corrected chi connectivity index (χ1v) is 7.80. The first-order chi connectivity index (χ1) is 7.83. The number of nitrogens with zero attached hydrogens (tertiary/aromatic N) is 2. The minimum absolute atomic E-state index is 0. The fraction of sp³-hybridized carbons (Fsp3) is 0. The molecule has 0 saturated carbocycles. The molecule has 102 valence electrons. The summed E-state index contributed by atoms with van der Waals surface area (Å²) in [4.78, 5) is 5.20. The third kappa shape index (κ3) is 7.95. The van der Waals surface area contributed by atoms with Crippen LogP contribution in [0, 0.1) is 0 Å². The van der Waals surface area contributed by atoms with Crippen molar-refractivity contribution in [3.8, 4) is 0 Å². The van der Waals surface area contributed by atoms with Crippen molar-refractivity contribution in [3.05, 3.63) is 6.20 Å². The van der Waals surface area contributed by atoms with E-state index in [-0.39, 0.29) is 94.9 Å². The molecule has 0 aromatic carbocycles. The van der Waals surface area contributed by atoms with E-state index in [0.29, 0.717) is 0 Å². The molecular weight excluding hydrogens is 385 g/mol. The van der Waals surface area contributed by atoms with Crippen LogP contribution in [0.4, 0.5) is 0 Å². The maximum atomic E-state index is 10.6. The second kappa shape index (κ2) is 9.33. The summed E-state index contributed by atoms with van der Waals surface area (Å²) in [5.74, 6) is 0. The van der Waals surface area contributed by atoms with Crippen molar-refractivity contribution in [3.63, 3.8) is 0 Å². The van der Waals surface area contributed by atoms with Crippen molar-refractivity contribution in [2.75, 3.05) is 0 Å². The van der Waals surface area contributed by atoms with E-state index >= 15 is 0 Å². The van der Waals surface area contributed by atoms with Crippen molar-refractivity contribution in [1.82, 2.24) is 9.97 Å². The predicted octanol–water partition coefficient (Wildman–Crippen LogP) is -11.8. The van der Waals surface area contributed by atoms with Crippen LogP contribution in [0.3, 0.4) is 0 Å². The van der Waals surface area contributed by atoms with Gasteiger partial charge in [-0.3, -0.25) is 0 Å². The van der Waals surface area contributed by atoms with E-state index in [4.69, 9.17) is 0 Å². The van der Waals surface area contributed by atoms with Crippen molar-refractivity contribution in [1.29, 1.82) is 0 Å². The Morgan fingerprint density at radius 3 is 1.38 bits per heavy atom. The van der Waals surface area contributed by atoms with Crippen molar-refractivity contribution in [2.24, 2.45) is 0 Å². The van der Waals surface area contributed by atoms with Gasteiger partial charge in [-0.25, -0.2) is 35.2 Å². The van der Waals surface area contributed by atoms with Gasteiger partial charge in [0.1, 0.15) is 30.4 Å². The Labute approximate surface area is 186 Å². The van der Waals surface area contributed by atoms with Gasteiger partial charge in [-0.05, 0) is 0 Å². The Kier molecular flexibility index (Phi) is 12.3. The summed E-state index contributed by atoms with van der Waals surface area (Å²) in [5, 5.41) is -5.20. The molecule has 1 rings (SSSR count). The van der Waals surface area contributed by atoms with E-state index in [1.165, 1.54) is 0 Å². The van der Waals surface area contributed by atoms with E-state index in [1.807, 2.05) is 0 Å². The Morgan fingerprint density at radius 1 is 0.714 bits per heavy atom. The van der Waals surface area contributed by atoms with Gasteiger partial charge in [-0.15, -0.1) is 0 Å². The Bertz CT molecular complexity index is 803. The zero-order chi connectivity index (χ0) is 14.4. The topological polar surface area (TPSA) is 197 Å². The van der Waals surface area contributed by atoms with E-state index in [0.717, 1.165) is 0 Å². The third-order valence-electron chi connectivity index (χ3n) is 1.42. The second-order valence-electron chi connectivity index (χ2n) is 2.68. The molecule has 1 aromatic heterocycles. The molecule has 0 atom stereocenters. The molecule has 0 aliphatic carbocycles. The Hall–Kier alpha value is 1.81. The Morgan fingerprint density at radius 2 is 1.10 bits per heavy atom. The largest absolute Gasteiger partial charge is 1.00 e. The van der Waals surface area contributed by atoms with Gasteiger partial charge in [-0.1, -0.05) is 0 Å². The van der Waals surface area contributed by atoms with Gasteiger partial charge >= 0.3 is 88.7 Å². The molecule has 0 radical (unpaired) electrons. The molecule has 0 bridgehead atoms. The van der Waals surface area contributed by atoms with E-state index in [9.17, 15) is 38.9 Å². The van der Waals surface area contributed by atoms with Crippen LogP contribution in [-0.2, 0) is 30.4 Å². The Balaban J connectivity index is -0.00000108. The van der Waals surface area contributed by atoms with Crippen LogP contribution < -0.4 is 88.7 Å². The molecular formula is C4HN2Na3O9S3. The summed E-state index contributed by atoms with van der Waals surface area (Å²) in [6.07, 6.45) is 0.0573. The molecule has 0 aliphatic heterocycles. The summed E-state index contributed by atoms with van der Waals surface area (Å²) in [7, 11) is -16.4. The molecule has 0 N–H and O–H groups in total. The fourth-order valence-corrected chi connectivity index (χ4v) is 2.77. The maximum absolute atomic E-state index is 10.6. The first kappa shape index (κ1) is 27.6. The normalized spacial score (nSPS) is 11.6. The molecule has 0 fully saturated rings. The molecule has 1 heterocycles. The number of hydrogen-bond donors (Lipinski definition) is 0. The fourth-order valence-electron chi connectivity index (χ4n) is 0.801. The van der Waals surface area contributed by atoms with Crippen LogP contribution in [0.15, 0.2) is 21.3 Å². The van der Waals surface area contributed by atoms with E-state index < -0.39 is 45.4 Å². The molecule has 1 aromatic rings. The SMILES string of the molecule is O=S(=O)([O-])c1cnc(S(=O)(=O)[O-])c(S(=O)(=O)[O-])n1.[Na+].[Na+].[Na+]. The molecule has 0 saturated heterocycles. The number of hydrogen-bond acceptors (Lipinski definition) is 11. The average Bonchev–Trinajstić information content (AvgIpc) is 2.12. The van der Waals surface area contributed by atoms with Gasteiger partial charge in [0.2, 0.25) is 0 Å². The zero-order valence-corrected chi connectivity index (χ0v) is 19.3. The monoisotopic (exact) mass is 386 g/mol. The molecule has 11 nitrogen and oxygen atoms in total. The second-order valence-corrected chi connectivity index (χ2v) is 6.60. The molecule has 0 spiro atoms. The van der Waals surface area contributed by atoms with Crippen molar-refractivity contribution < 1.29 is 128 Å².